The van der Waals surface area contributed by atoms with E-state index in [4.69, 9.17) is 14.6 Å². The van der Waals surface area contributed by atoms with Crippen molar-refractivity contribution in [1.82, 2.24) is 9.97 Å². The number of carbonyl (C=O) groups is 1. The molecule has 18 heavy (non-hydrogen) atoms. The van der Waals surface area contributed by atoms with Gasteiger partial charge in [0.15, 0.2) is 5.75 Å². The van der Waals surface area contributed by atoms with Gasteiger partial charge in [-0.2, -0.15) is 0 Å². The minimum atomic E-state index is -1.18. The van der Waals surface area contributed by atoms with Gasteiger partial charge in [0.25, 0.3) is 0 Å². The van der Waals surface area contributed by atoms with Crippen molar-refractivity contribution in [1.29, 1.82) is 0 Å². The van der Waals surface area contributed by atoms with Crippen LogP contribution in [0.3, 0.4) is 0 Å². The lowest BCUT2D eigenvalue weighted by Crippen LogP contribution is -2.03. The third kappa shape index (κ3) is 2.73. The Morgan fingerprint density at radius 1 is 1.17 bits per heavy atom. The van der Waals surface area contributed by atoms with Crippen LogP contribution in [0, 0.1) is 0 Å². The maximum atomic E-state index is 10.6. The van der Waals surface area contributed by atoms with E-state index < -0.39 is 5.97 Å². The predicted octanol–water partition coefficient (Wildman–Crippen LogP) is 1.98. The Hall–Kier alpha value is -2.63. The molecule has 0 aliphatic carbocycles. The van der Waals surface area contributed by atoms with Crippen LogP contribution in [0.25, 0.3) is 0 Å². The zero-order chi connectivity index (χ0) is 13.0. The van der Waals surface area contributed by atoms with Gasteiger partial charge in [0.2, 0.25) is 5.82 Å². The molecule has 0 spiro atoms. The minimum absolute atomic E-state index is 0.270. The second kappa shape index (κ2) is 5.13. The highest BCUT2D eigenvalue weighted by Crippen LogP contribution is 2.23. The Kier molecular flexibility index (Phi) is 3.38. The Morgan fingerprint density at radius 3 is 2.44 bits per heavy atom. The number of carboxylic acids is 1. The zero-order valence-electron chi connectivity index (χ0n) is 9.53. The lowest BCUT2D eigenvalue weighted by Gasteiger charge is -2.06. The summed E-state index contributed by atoms with van der Waals surface area (Å²) in [6.07, 6.45) is 2.60. The molecule has 1 aromatic heterocycles. The highest BCUT2D eigenvalue weighted by atomic mass is 16.5. The standard InChI is InChI=1S/C12H10N2O4/c1-17-8-3-2-4-9(5-8)18-10-6-13-11(12(15)16)14-7-10/h2-7H,1H3,(H,15,16). The van der Waals surface area contributed by atoms with Crippen LogP contribution in [0.2, 0.25) is 0 Å². The van der Waals surface area contributed by atoms with Crippen molar-refractivity contribution in [2.24, 2.45) is 0 Å². The average Bonchev–Trinajstić information content (AvgIpc) is 2.39. The van der Waals surface area contributed by atoms with Gasteiger partial charge < -0.3 is 14.6 Å². The van der Waals surface area contributed by atoms with E-state index in [2.05, 4.69) is 9.97 Å². The number of ether oxygens (including phenoxy) is 2. The van der Waals surface area contributed by atoms with Crippen LogP contribution in [0.15, 0.2) is 36.7 Å². The highest BCUT2D eigenvalue weighted by molar-refractivity contribution is 5.82. The molecular weight excluding hydrogens is 236 g/mol. The first-order valence-corrected chi connectivity index (χ1v) is 5.06. The number of hydrogen-bond donors (Lipinski definition) is 1. The SMILES string of the molecule is COc1cccc(Oc2cnc(C(=O)O)nc2)c1. The summed E-state index contributed by atoms with van der Waals surface area (Å²) >= 11 is 0. The van der Waals surface area contributed by atoms with Crippen molar-refractivity contribution in [3.05, 3.63) is 42.5 Å². The maximum Gasteiger partial charge on any atom is 0.373 e. The maximum absolute atomic E-state index is 10.6. The van der Waals surface area contributed by atoms with Crippen molar-refractivity contribution in [3.8, 4) is 17.2 Å². The number of rotatable bonds is 4. The molecule has 1 aromatic carbocycles. The van der Waals surface area contributed by atoms with Gasteiger partial charge in [-0.15, -0.1) is 0 Å². The van der Waals surface area contributed by atoms with E-state index in [1.54, 1.807) is 31.4 Å². The first-order chi connectivity index (χ1) is 8.69. The molecule has 1 heterocycles. The second-order valence-electron chi connectivity index (χ2n) is 3.33. The molecule has 0 aliphatic rings. The quantitative estimate of drug-likeness (QED) is 0.888. The molecule has 0 unspecified atom stereocenters. The smallest absolute Gasteiger partial charge is 0.373 e. The summed E-state index contributed by atoms with van der Waals surface area (Å²) in [6, 6.07) is 7.01. The lowest BCUT2D eigenvalue weighted by molar-refractivity contribution is 0.0683. The summed E-state index contributed by atoms with van der Waals surface area (Å²) in [5.74, 6) is 0.126. The van der Waals surface area contributed by atoms with E-state index in [9.17, 15) is 4.79 Å². The van der Waals surface area contributed by atoms with Crippen molar-refractivity contribution in [3.63, 3.8) is 0 Å². The largest absolute Gasteiger partial charge is 0.497 e. The lowest BCUT2D eigenvalue weighted by atomic mass is 10.3. The van der Waals surface area contributed by atoms with Gasteiger partial charge in [-0.05, 0) is 12.1 Å². The fourth-order valence-corrected chi connectivity index (χ4v) is 1.28. The highest BCUT2D eigenvalue weighted by Gasteiger charge is 2.06. The van der Waals surface area contributed by atoms with E-state index in [0.29, 0.717) is 17.2 Å². The van der Waals surface area contributed by atoms with Crippen LogP contribution in [-0.4, -0.2) is 28.2 Å². The van der Waals surface area contributed by atoms with E-state index in [1.807, 2.05) is 0 Å². The van der Waals surface area contributed by atoms with Crippen LogP contribution in [0.1, 0.15) is 10.6 Å². The zero-order valence-corrected chi connectivity index (χ0v) is 9.53. The molecule has 6 nitrogen and oxygen atoms in total. The molecular formula is C12H10N2O4. The van der Waals surface area contributed by atoms with Crippen molar-refractivity contribution < 1.29 is 19.4 Å². The van der Waals surface area contributed by atoms with Crippen LogP contribution in [0.4, 0.5) is 0 Å². The fraction of sp³-hybridized carbons (Fsp3) is 0.0833. The van der Waals surface area contributed by atoms with Gasteiger partial charge in [0.1, 0.15) is 11.5 Å². The van der Waals surface area contributed by atoms with Crippen LogP contribution in [-0.2, 0) is 0 Å². The van der Waals surface area contributed by atoms with Crippen molar-refractivity contribution in [2.75, 3.05) is 7.11 Å². The minimum Gasteiger partial charge on any atom is -0.497 e. The summed E-state index contributed by atoms with van der Waals surface area (Å²) in [6.45, 7) is 0. The summed E-state index contributed by atoms with van der Waals surface area (Å²) in [7, 11) is 1.56. The molecule has 6 heteroatoms. The topological polar surface area (TPSA) is 81.5 Å². The Bertz CT molecular complexity index is 554. The van der Waals surface area contributed by atoms with Crippen molar-refractivity contribution in [2.45, 2.75) is 0 Å². The molecule has 0 fully saturated rings. The number of methoxy groups -OCH3 is 1. The van der Waals surface area contributed by atoms with Gasteiger partial charge in [-0.25, -0.2) is 14.8 Å². The van der Waals surface area contributed by atoms with Crippen LogP contribution < -0.4 is 9.47 Å². The number of benzene rings is 1. The number of aromatic carboxylic acids is 1. The van der Waals surface area contributed by atoms with Gasteiger partial charge in [0, 0.05) is 6.07 Å². The first kappa shape index (κ1) is 11.8. The van der Waals surface area contributed by atoms with E-state index in [1.165, 1.54) is 12.4 Å². The number of nitrogens with zero attached hydrogens (tertiary/aromatic N) is 2. The summed E-state index contributed by atoms with van der Waals surface area (Å²) in [5.41, 5.74) is 0. The molecule has 1 N–H and O–H groups in total. The Balaban J connectivity index is 2.15. The number of aromatic nitrogens is 2. The molecule has 0 amide bonds. The molecule has 0 atom stereocenters. The third-order valence-electron chi connectivity index (χ3n) is 2.10. The van der Waals surface area contributed by atoms with E-state index in [-0.39, 0.29) is 5.82 Å². The summed E-state index contributed by atoms with van der Waals surface area (Å²) in [4.78, 5) is 17.9. The first-order valence-electron chi connectivity index (χ1n) is 5.06. The Labute approximate surface area is 103 Å². The monoisotopic (exact) mass is 246 g/mol. The second-order valence-corrected chi connectivity index (χ2v) is 3.33. The van der Waals surface area contributed by atoms with Crippen molar-refractivity contribution >= 4 is 5.97 Å². The predicted molar refractivity (Wildman–Crippen MR) is 62.1 cm³/mol. The molecule has 2 rings (SSSR count). The molecule has 92 valence electrons. The molecule has 0 radical (unpaired) electrons. The van der Waals surface area contributed by atoms with Gasteiger partial charge in [-0.1, -0.05) is 6.07 Å². The average molecular weight is 246 g/mol. The number of hydrogen-bond acceptors (Lipinski definition) is 5. The molecule has 0 aliphatic heterocycles. The molecule has 0 bridgehead atoms. The molecule has 2 aromatic rings. The van der Waals surface area contributed by atoms with E-state index >= 15 is 0 Å². The summed E-state index contributed by atoms with van der Waals surface area (Å²) < 4.78 is 10.5. The molecule has 0 saturated carbocycles. The van der Waals surface area contributed by atoms with Gasteiger partial charge in [0.05, 0.1) is 19.5 Å². The van der Waals surface area contributed by atoms with Crippen LogP contribution >= 0.6 is 0 Å². The third-order valence-corrected chi connectivity index (χ3v) is 2.10. The molecule has 0 saturated heterocycles. The normalized spacial score (nSPS) is 9.83. The Morgan fingerprint density at radius 2 is 1.83 bits per heavy atom. The van der Waals surface area contributed by atoms with Crippen LogP contribution in [0.5, 0.6) is 17.2 Å². The van der Waals surface area contributed by atoms with Gasteiger partial charge >= 0.3 is 5.97 Å². The fourth-order valence-electron chi connectivity index (χ4n) is 1.28. The van der Waals surface area contributed by atoms with Gasteiger partial charge in [-0.3, -0.25) is 0 Å². The summed E-state index contributed by atoms with van der Waals surface area (Å²) in [5, 5.41) is 8.65. The van der Waals surface area contributed by atoms with E-state index in [0.717, 1.165) is 0 Å². The number of carboxylic acid groups (broad SMARTS) is 1.